The van der Waals surface area contributed by atoms with E-state index in [0.29, 0.717) is 12.2 Å². The standard InChI is InChI=1S/C22H32N4O2/c1-14(2)10-20(27)23-13-21(28)24-19-12-18(22(5,6)7)25-26(19)17-9-8-15(3)11-16(17)4/h8-9,11-12,14H,10,13H2,1-7H3,(H,23,27)(H,24,28). The molecule has 2 rings (SSSR count). The van der Waals surface area contributed by atoms with Crippen molar-refractivity contribution in [2.24, 2.45) is 5.92 Å². The molecule has 0 saturated heterocycles. The van der Waals surface area contributed by atoms with Crippen LogP contribution in [-0.2, 0) is 15.0 Å². The molecule has 2 N–H and O–H groups in total. The van der Waals surface area contributed by atoms with E-state index in [0.717, 1.165) is 16.9 Å². The molecule has 1 aromatic heterocycles. The Bertz CT molecular complexity index is 860. The molecule has 0 saturated carbocycles. The maximum atomic E-state index is 12.4. The van der Waals surface area contributed by atoms with Gasteiger partial charge in [-0.1, -0.05) is 52.3 Å². The molecule has 0 radical (unpaired) electrons. The van der Waals surface area contributed by atoms with Crippen molar-refractivity contribution in [3.05, 3.63) is 41.1 Å². The van der Waals surface area contributed by atoms with Crippen LogP contribution in [0.5, 0.6) is 0 Å². The molecule has 0 unspecified atom stereocenters. The Balaban J connectivity index is 2.26. The summed E-state index contributed by atoms with van der Waals surface area (Å²) in [5, 5.41) is 10.3. The lowest BCUT2D eigenvalue weighted by Gasteiger charge is -2.14. The molecule has 152 valence electrons. The van der Waals surface area contributed by atoms with Crippen molar-refractivity contribution in [3.63, 3.8) is 0 Å². The van der Waals surface area contributed by atoms with Gasteiger partial charge in [0.1, 0.15) is 5.82 Å². The number of hydrogen-bond donors (Lipinski definition) is 2. The predicted molar refractivity (Wildman–Crippen MR) is 113 cm³/mol. The van der Waals surface area contributed by atoms with E-state index in [1.165, 1.54) is 5.56 Å². The quantitative estimate of drug-likeness (QED) is 0.793. The van der Waals surface area contributed by atoms with Crippen molar-refractivity contribution in [1.29, 1.82) is 0 Å². The fraction of sp³-hybridized carbons (Fsp3) is 0.500. The van der Waals surface area contributed by atoms with Crippen molar-refractivity contribution in [3.8, 4) is 5.69 Å². The topological polar surface area (TPSA) is 76.0 Å². The lowest BCUT2D eigenvalue weighted by molar-refractivity contribution is -0.124. The highest BCUT2D eigenvalue weighted by Gasteiger charge is 2.22. The number of carbonyl (C=O) groups excluding carboxylic acids is 2. The van der Waals surface area contributed by atoms with Crippen LogP contribution in [0.25, 0.3) is 5.69 Å². The summed E-state index contributed by atoms with van der Waals surface area (Å²) < 4.78 is 1.77. The molecule has 1 aromatic carbocycles. The predicted octanol–water partition coefficient (Wildman–Crippen LogP) is 3.89. The van der Waals surface area contributed by atoms with Gasteiger partial charge in [0.25, 0.3) is 0 Å². The molecule has 6 nitrogen and oxygen atoms in total. The molecule has 0 bridgehead atoms. The minimum atomic E-state index is -0.275. The highest BCUT2D eigenvalue weighted by molar-refractivity contribution is 5.94. The minimum absolute atomic E-state index is 0.0610. The van der Waals surface area contributed by atoms with Crippen LogP contribution in [0.1, 0.15) is 57.9 Å². The number of anilines is 1. The Morgan fingerprint density at radius 3 is 2.36 bits per heavy atom. The van der Waals surface area contributed by atoms with Gasteiger partial charge in [-0.15, -0.1) is 0 Å². The third kappa shape index (κ3) is 5.68. The van der Waals surface area contributed by atoms with Crippen LogP contribution in [0.4, 0.5) is 5.82 Å². The summed E-state index contributed by atoms with van der Waals surface area (Å²) in [6.45, 7) is 14.2. The second-order valence-corrected chi connectivity index (χ2v) is 8.79. The van der Waals surface area contributed by atoms with E-state index >= 15 is 0 Å². The fourth-order valence-electron chi connectivity index (χ4n) is 2.87. The van der Waals surface area contributed by atoms with E-state index in [2.05, 4.69) is 37.5 Å². The molecule has 2 amide bonds. The summed E-state index contributed by atoms with van der Waals surface area (Å²) in [7, 11) is 0. The number of nitrogens with one attached hydrogen (secondary N) is 2. The van der Waals surface area contributed by atoms with Gasteiger partial charge in [0, 0.05) is 17.9 Å². The van der Waals surface area contributed by atoms with E-state index in [-0.39, 0.29) is 29.7 Å². The first-order chi connectivity index (χ1) is 13.0. The Labute approximate surface area is 167 Å². The van der Waals surface area contributed by atoms with Gasteiger partial charge in [-0.05, 0) is 31.4 Å². The van der Waals surface area contributed by atoms with E-state index < -0.39 is 0 Å². The van der Waals surface area contributed by atoms with Crippen LogP contribution >= 0.6 is 0 Å². The summed E-state index contributed by atoms with van der Waals surface area (Å²) in [4.78, 5) is 24.2. The molecule has 0 aliphatic carbocycles. The van der Waals surface area contributed by atoms with E-state index in [4.69, 9.17) is 5.10 Å². The molecule has 1 heterocycles. The minimum Gasteiger partial charge on any atom is -0.347 e. The Morgan fingerprint density at radius 1 is 1.11 bits per heavy atom. The van der Waals surface area contributed by atoms with Gasteiger partial charge < -0.3 is 10.6 Å². The van der Waals surface area contributed by atoms with Crippen LogP contribution in [-0.4, -0.2) is 28.1 Å². The number of hydrogen-bond acceptors (Lipinski definition) is 3. The van der Waals surface area contributed by atoms with Gasteiger partial charge in [-0.2, -0.15) is 5.10 Å². The molecule has 0 fully saturated rings. The zero-order valence-electron chi connectivity index (χ0n) is 18.0. The molecule has 28 heavy (non-hydrogen) atoms. The van der Waals surface area contributed by atoms with Gasteiger partial charge in [-0.3, -0.25) is 9.59 Å². The monoisotopic (exact) mass is 384 g/mol. The second kappa shape index (κ2) is 8.59. The lowest BCUT2D eigenvalue weighted by atomic mass is 9.92. The Hall–Kier alpha value is -2.63. The first-order valence-electron chi connectivity index (χ1n) is 9.72. The van der Waals surface area contributed by atoms with Gasteiger partial charge in [-0.25, -0.2) is 4.68 Å². The smallest absolute Gasteiger partial charge is 0.244 e. The van der Waals surface area contributed by atoms with Crippen molar-refractivity contribution in [2.45, 2.75) is 60.3 Å². The third-order valence-electron chi connectivity index (χ3n) is 4.37. The number of aryl methyl sites for hydroxylation is 2. The normalized spacial score (nSPS) is 11.6. The van der Waals surface area contributed by atoms with Gasteiger partial charge in [0.15, 0.2) is 0 Å². The highest BCUT2D eigenvalue weighted by Crippen LogP contribution is 2.27. The third-order valence-corrected chi connectivity index (χ3v) is 4.37. The molecule has 0 aliphatic rings. The number of benzene rings is 1. The van der Waals surface area contributed by atoms with Crippen molar-refractivity contribution >= 4 is 17.6 Å². The molecule has 0 atom stereocenters. The average Bonchev–Trinajstić information content (AvgIpc) is 2.96. The largest absolute Gasteiger partial charge is 0.347 e. The number of aromatic nitrogens is 2. The zero-order valence-corrected chi connectivity index (χ0v) is 18.0. The van der Waals surface area contributed by atoms with Gasteiger partial charge in [0.2, 0.25) is 11.8 Å². The van der Waals surface area contributed by atoms with Crippen LogP contribution in [0.3, 0.4) is 0 Å². The summed E-state index contributed by atoms with van der Waals surface area (Å²) >= 11 is 0. The molecule has 2 aromatic rings. The molecule has 6 heteroatoms. The lowest BCUT2D eigenvalue weighted by Crippen LogP contribution is -2.33. The van der Waals surface area contributed by atoms with E-state index in [1.54, 1.807) is 4.68 Å². The first kappa shape index (κ1) is 21.7. The summed E-state index contributed by atoms with van der Waals surface area (Å²) in [5.74, 6) is 0.454. The molecule has 0 spiro atoms. The van der Waals surface area contributed by atoms with Crippen LogP contribution < -0.4 is 10.6 Å². The fourth-order valence-corrected chi connectivity index (χ4v) is 2.87. The summed E-state index contributed by atoms with van der Waals surface area (Å²) in [6, 6.07) is 8.02. The van der Waals surface area contributed by atoms with Crippen LogP contribution in [0.2, 0.25) is 0 Å². The zero-order chi connectivity index (χ0) is 21.1. The number of amides is 2. The second-order valence-electron chi connectivity index (χ2n) is 8.79. The van der Waals surface area contributed by atoms with Crippen LogP contribution in [0, 0.1) is 19.8 Å². The molecular formula is C22H32N4O2. The number of nitrogens with zero attached hydrogens (tertiary/aromatic N) is 2. The highest BCUT2D eigenvalue weighted by atomic mass is 16.2. The summed E-state index contributed by atoms with van der Waals surface area (Å²) in [5.41, 5.74) is 3.88. The average molecular weight is 385 g/mol. The maximum Gasteiger partial charge on any atom is 0.244 e. The Kier molecular flexibility index (Phi) is 6.65. The molecular weight excluding hydrogens is 352 g/mol. The first-order valence-corrected chi connectivity index (χ1v) is 9.72. The van der Waals surface area contributed by atoms with Gasteiger partial charge in [0.05, 0.1) is 17.9 Å². The number of carbonyl (C=O) groups is 2. The van der Waals surface area contributed by atoms with E-state index in [9.17, 15) is 9.59 Å². The van der Waals surface area contributed by atoms with Gasteiger partial charge >= 0.3 is 0 Å². The maximum absolute atomic E-state index is 12.4. The Morgan fingerprint density at radius 2 is 1.79 bits per heavy atom. The van der Waals surface area contributed by atoms with E-state index in [1.807, 2.05) is 45.9 Å². The van der Waals surface area contributed by atoms with Crippen LogP contribution in [0.15, 0.2) is 24.3 Å². The van der Waals surface area contributed by atoms with Crippen molar-refractivity contribution in [2.75, 3.05) is 11.9 Å². The van der Waals surface area contributed by atoms with Crippen molar-refractivity contribution < 1.29 is 9.59 Å². The van der Waals surface area contributed by atoms with Crippen molar-refractivity contribution in [1.82, 2.24) is 15.1 Å². The summed E-state index contributed by atoms with van der Waals surface area (Å²) in [6.07, 6.45) is 0.405. The SMILES string of the molecule is Cc1ccc(-n2nc(C(C)(C)C)cc2NC(=O)CNC(=O)CC(C)C)c(C)c1. The number of rotatable bonds is 6. The molecule has 0 aliphatic heterocycles.